The van der Waals surface area contributed by atoms with Gasteiger partial charge in [0.05, 0.1) is 11.5 Å². The molecule has 18 heavy (non-hydrogen) atoms. The van der Waals surface area contributed by atoms with Gasteiger partial charge in [-0.15, -0.1) is 0 Å². The number of hydrogen-bond donors (Lipinski definition) is 2. The molecule has 0 spiro atoms. The Morgan fingerprint density at radius 2 is 1.94 bits per heavy atom. The molecule has 0 saturated heterocycles. The molecular weight excluding hydrogens is 274 g/mol. The third-order valence-electron chi connectivity index (χ3n) is 2.98. The zero-order chi connectivity index (χ0) is 13.2. The number of benzene rings is 1. The van der Waals surface area contributed by atoms with Crippen LogP contribution in [0.4, 0.5) is 0 Å². The smallest absolute Gasteiger partial charge is 0.240 e. The standard InChI is InChI=1S/C12H16ClNO3S/c13-10-3-5-12(6-4-10)18(16,17)14-11(8-15)7-9-1-2-9/h3-6,9,11,14-15H,1-2,7-8H2/t11-/m1/s1. The molecule has 1 aromatic carbocycles. The van der Waals surface area contributed by atoms with Crippen molar-refractivity contribution in [3.05, 3.63) is 29.3 Å². The van der Waals surface area contributed by atoms with Crippen LogP contribution in [-0.2, 0) is 10.0 Å². The summed E-state index contributed by atoms with van der Waals surface area (Å²) >= 11 is 5.72. The SMILES string of the molecule is O=S(=O)(N[C@@H](CO)CC1CC1)c1ccc(Cl)cc1. The highest BCUT2D eigenvalue weighted by Crippen LogP contribution is 2.33. The van der Waals surface area contributed by atoms with E-state index in [9.17, 15) is 13.5 Å². The van der Waals surface area contributed by atoms with Crippen molar-refractivity contribution in [3.63, 3.8) is 0 Å². The van der Waals surface area contributed by atoms with Crippen molar-refractivity contribution in [2.75, 3.05) is 6.61 Å². The minimum absolute atomic E-state index is 0.168. The Morgan fingerprint density at radius 3 is 2.44 bits per heavy atom. The highest BCUT2D eigenvalue weighted by atomic mass is 35.5. The topological polar surface area (TPSA) is 66.4 Å². The third kappa shape index (κ3) is 3.68. The first-order valence-corrected chi connectivity index (χ1v) is 7.76. The fraction of sp³-hybridized carbons (Fsp3) is 0.500. The Morgan fingerprint density at radius 1 is 1.33 bits per heavy atom. The zero-order valence-electron chi connectivity index (χ0n) is 9.84. The van der Waals surface area contributed by atoms with E-state index in [1.807, 2.05) is 0 Å². The zero-order valence-corrected chi connectivity index (χ0v) is 11.4. The normalized spacial score (nSPS) is 17.7. The minimum atomic E-state index is -3.57. The first-order chi connectivity index (χ1) is 8.51. The number of aliphatic hydroxyl groups is 1. The van der Waals surface area contributed by atoms with Crippen molar-refractivity contribution < 1.29 is 13.5 Å². The summed E-state index contributed by atoms with van der Waals surface area (Å²) in [4.78, 5) is 0.168. The van der Waals surface area contributed by atoms with Crippen LogP contribution in [0.1, 0.15) is 19.3 Å². The largest absolute Gasteiger partial charge is 0.395 e. The average Bonchev–Trinajstić information content (AvgIpc) is 3.12. The molecule has 1 aromatic rings. The molecule has 2 N–H and O–H groups in total. The van der Waals surface area contributed by atoms with Gasteiger partial charge in [0.1, 0.15) is 0 Å². The molecule has 0 unspecified atom stereocenters. The van der Waals surface area contributed by atoms with Crippen molar-refractivity contribution in [3.8, 4) is 0 Å². The van der Waals surface area contributed by atoms with Crippen LogP contribution in [0.25, 0.3) is 0 Å². The van der Waals surface area contributed by atoms with Crippen molar-refractivity contribution >= 4 is 21.6 Å². The van der Waals surface area contributed by atoms with Gasteiger partial charge in [0.15, 0.2) is 0 Å². The number of aliphatic hydroxyl groups excluding tert-OH is 1. The molecule has 1 atom stereocenters. The number of nitrogens with one attached hydrogen (secondary N) is 1. The first kappa shape index (κ1) is 13.8. The second-order valence-corrected chi connectivity index (χ2v) is 6.78. The van der Waals surface area contributed by atoms with E-state index in [1.54, 1.807) is 0 Å². The summed E-state index contributed by atoms with van der Waals surface area (Å²) in [5.74, 6) is 0.551. The molecular formula is C12H16ClNO3S. The first-order valence-electron chi connectivity index (χ1n) is 5.90. The molecule has 100 valence electrons. The Balaban J connectivity index is 2.07. The van der Waals surface area contributed by atoms with Gasteiger partial charge in [0, 0.05) is 11.1 Å². The van der Waals surface area contributed by atoms with Crippen molar-refractivity contribution in [1.82, 2.24) is 4.72 Å². The lowest BCUT2D eigenvalue weighted by molar-refractivity contribution is 0.246. The van der Waals surface area contributed by atoms with Crippen LogP contribution in [0.5, 0.6) is 0 Å². The lowest BCUT2D eigenvalue weighted by Gasteiger charge is -2.16. The summed E-state index contributed by atoms with van der Waals surface area (Å²) in [5, 5.41) is 9.70. The highest BCUT2D eigenvalue weighted by Gasteiger charge is 2.28. The molecule has 4 nitrogen and oxygen atoms in total. The molecule has 0 aliphatic heterocycles. The monoisotopic (exact) mass is 289 g/mol. The Kier molecular flexibility index (Phi) is 4.27. The summed E-state index contributed by atoms with van der Waals surface area (Å²) in [7, 11) is -3.57. The number of halogens is 1. The summed E-state index contributed by atoms with van der Waals surface area (Å²) in [6.07, 6.45) is 2.95. The van der Waals surface area contributed by atoms with Gasteiger partial charge < -0.3 is 5.11 Å². The molecule has 0 amide bonds. The van der Waals surface area contributed by atoms with Crippen LogP contribution >= 0.6 is 11.6 Å². The molecule has 6 heteroatoms. The molecule has 1 aliphatic carbocycles. The van der Waals surface area contributed by atoms with Crippen LogP contribution in [0, 0.1) is 5.92 Å². The van der Waals surface area contributed by atoms with Crippen molar-refractivity contribution in [2.24, 2.45) is 5.92 Å². The maximum absolute atomic E-state index is 12.0. The molecule has 0 radical (unpaired) electrons. The van der Waals surface area contributed by atoms with E-state index in [0.717, 1.165) is 12.8 Å². The molecule has 0 bridgehead atoms. The van der Waals surface area contributed by atoms with Gasteiger partial charge in [-0.25, -0.2) is 13.1 Å². The van der Waals surface area contributed by atoms with Crippen LogP contribution < -0.4 is 4.72 Å². The van der Waals surface area contributed by atoms with Crippen LogP contribution in [-0.4, -0.2) is 26.2 Å². The van der Waals surface area contributed by atoms with E-state index in [2.05, 4.69) is 4.72 Å². The van der Waals surface area contributed by atoms with Gasteiger partial charge in [-0.2, -0.15) is 0 Å². The minimum Gasteiger partial charge on any atom is -0.395 e. The molecule has 1 fully saturated rings. The van der Waals surface area contributed by atoms with E-state index >= 15 is 0 Å². The van der Waals surface area contributed by atoms with Gasteiger partial charge in [-0.3, -0.25) is 0 Å². The predicted molar refractivity (Wildman–Crippen MR) is 70.0 cm³/mol. The molecule has 2 rings (SSSR count). The fourth-order valence-electron chi connectivity index (χ4n) is 1.82. The summed E-state index contributed by atoms with van der Waals surface area (Å²) < 4.78 is 26.6. The maximum Gasteiger partial charge on any atom is 0.240 e. The van der Waals surface area contributed by atoms with E-state index in [-0.39, 0.29) is 11.5 Å². The molecule has 0 aromatic heterocycles. The second-order valence-electron chi connectivity index (χ2n) is 4.63. The summed E-state index contributed by atoms with van der Waals surface area (Å²) in [6, 6.07) is 5.57. The van der Waals surface area contributed by atoms with E-state index < -0.39 is 16.1 Å². The Bertz CT molecular complexity index is 497. The number of rotatable bonds is 6. The van der Waals surface area contributed by atoms with Gasteiger partial charge in [-0.05, 0) is 36.6 Å². The Hall–Kier alpha value is -0.620. The van der Waals surface area contributed by atoms with Gasteiger partial charge in [-0.1, -0.05) is 24.4 Å². The van der Waals surface area contributed by atoms with Crippen LogP contribution in [0.3, 0.4) is 0 Å². The van der Waals surface area contributed by atoms with Gasteiger partial charge in [0.2, 0.25) is 10.0 Å². The van der Waals surface area contributed by atoms with Crippen LogP contribution in [0.15, 0.2) is 29.2 Å². The fourth-order valence-corrected chi connectivity index (χ4v) is 3.18. The van der Waals surface area contributed by atoms with Crippen molar-refractivity contribution in [2.45, 2.75) is 30.2 Å². The summed E-state index contributed by atoms with van der Waals surface area (Å²) in [6.45, 7) is -0.177. The summed E-state index contributed by atoms with van der Waals surface area (Å²) in [5.41, 5.74) is 0. The van der Waals surface area contributed by atoms with Gasteiger partial charge in [0.25, 0.3) is 0 Å². The molecule has 1 saturated carbocycles. The predicted octanol–water partition coefficient (Wildman–Crippen LogP) is 1.78. The van der Waals surface area contributed by atoms with E-state index in [4.69, 9.17) is 11.6 Å². The lowest BCUT2D eigenvalue weighted by Crippen LogP contribution is -2.37. The number of hydrogen-bond acceptors (Lipinski definition) is 3. The van der Waals surface area contributed by atoms with E-state index in [0.29, 0.717) is 17.4 Å². The quantitative estimate of drug-likeness (QED) is 0.839. The Labute approximate surface area is 112 Å². The van der Waals surface area contributed by atoms with E-state index in [1.165, 1.54) is 24.3 Å². The third-order valence-corrected chi connectivity index (χ3v) is 4.77. The molecule has 1 aliphatic rings. The van der Waals surface area contributed by atoms with Crippen LogP contribution in [0.2, 0.25) is 5.02 Å². The highest BCUT2D eigenvalue weighted by molar-refractivity contribution is 7.89. The number of sulfonamides is 1. The van der Waals surface area contributed by atoms with Gasteiger partial charge >= 0.3 is 0 Å². The van der Waals surface area contributed by atoms with Crippen molar-refractivity contribution in [1.29, 1.82) is 0 Å². The molecule has 0 heterocycles. The maximum atomic E-state index is 12.0. The average molecular weight is 290 g/mol. The lowest BCUT2D eigenvalue weighted by atomic mass is 10.2. The second kappa shape index (κ2) is 5.57.